The Balaban J connectivity index is 1.73. The van der Waals surface area contributed by atoms with Gasteiger partial charge in [0.25, 0.3) is 0 Å². The van der Waals surface area contributed by atoms with Crippen molar-refractivity contribution in [2.24, 2.45) is 0 Å². The number of hydrogen-bond acceptors (Lipinski definition) is 7. The molecule has 0 spiro atoms. The summed E-state index contributed by atoms with van der Waals surface area (Å²) in [6, 6.07) is 6.43. The number of pyridine rings is 1. The lowest BCUT2D eigenvalue weighted by Gasteiger charge is -2.39. The maximum absolute atomic E-state index is 9.77. The summed E-state index contributed by atoms with van der Waals surface area (Å²) >= 11 is 0. The van der Waals surface area contributed by atoms with Gasteiger partial charge in [-0.2, -0.15) is 0 Å². The molecule has 0 saturated carbocycles. The summed E-state index contributed by atoms with van der Waals surface area (Å²) < 4.78 is 23.6. The van der Waals surface area contributed by atoms with Crippen molar-refractivity contribution in [2.75, 3.05) is 41.0 Å². The predicted molar refractivity (Wildman–Crippen MR) is 117 cm³/mol. The highest BCUT2D eigenvalue weighted by Crippen LogP contribution is 2.45. The van der Waals surface area contributed by atoms with Gasteiger partial charge in [-0.3, -0.25) is 4.98 Å². The third-order valence-electron chi connectivity index (χ3n) is 6.93. The number of fused-ring (bicyclic) bond motifs is 2. The number of aryl methyl sites for hydroxylation is 1. The van der Waals surface area contributed by atoms with Crippen LogP contribution in [0.25, 0.3) is 0 Å². The van der Waals surface area contributed by atoms with E-state index in [2.05, 4.69) is 29.1 Å². The Labute approximate surface area is 183 Å². The second-order valence-electron chi connectivity index (χ2n) is 8.42. The summed E-state index contributed by atoms with van der Waals surface area (Å²) in [6.07, 6.45) is 3.56. The molecule has 0 bridgehead atoms. The monoisotopic (exact) mass is 428 g/mol. The van der Waals surface area contributed by atoms with E-state index in [0.29, 0.717) is 19.8 Å². The summed E-state index contributed by atoms with van der Waals surface area (Å²) in [5, 5.41) is 9.77. The van der Waals surface area contributed by atoms with Gasteiger partial charge in [-0.15, -0.1) is 0 Å². The molecule has 2 atom stereocenters. The van der Waals surface area contributed by atoms with E-state index in [1.165, 1.54) is 5.56 Å². The molecule has 2 aliphatic rings. The van der Waals surface area contributed by atoms with Crippen LogP contribution in [0.1, 0.15) is 35.2 Å². The Morgan fingerprint density at radius 3 is 2.77 bits per heavy atom. The van der Waals surface area contributed by atoms with Crippen molar-refractivity contribution < 1.29 is 24.1 Å². The topological polar surface area (TPSA) is 73.3 Å². The number of likely N-dealkylation sites (N-methyl/N-ethyl adjacent to an activating group) is 1. The van der Waals surface area contributed by atoms with Crippen molar-refractivity contribution in [1.82, 2.24) is 9.88 Å². The molecule has 31 heavy (non-hydrogen) atoms. The van der Waals surface area contributed by atoms with E-state index in [-0.39, 0.29) is 18.1 Å². The highest BCUT2D eigenvalue weighted by atomic mass is 16.5. The number of aliphatic hydroxyl groups excluding tert-OH is 1. The number of benzene rings is 1. The van der Waals surface area contributed by atoms with E-state index < -0.39 is 0 Å². The van der Waals surface area contributed by atoms with Crippen molar-refractivity contribution in [1.29, 1.82) is 0 Å². The maximum Gasteiger partial charge on any atom is 0.161 e. The fourth-order valence-electron chi connectivity index (χ4n) is 5.09. The van der Waals surface area contributed by atoms with Gasteiger partial charge in [0, 0.05) is 28.8 Å². The summed E-state index contributed by atoms with van der Waals surface area (Å²) in [4.78, 5) is 6.79. The first-order valence-electron chi connectivity index (χ1n) is 10.8. The first-order valence-corrected chi connectivity index (χ1v) is 10.8. The van der Waals surface area contributed by atoms with Gasteiger partial charge in [-0.1, -0.05) is 6.07 Å². The Morgan fingerprint density at radius 2 is 2.03 bits per heavy atom. The Kier molecular flexibility index (Phi) is 6.36. The SMILES string of the molecule is COc1ccc(C23CCOc4c(C)ncc(CO)c4COCC2N(C)CC3)cc1OC. The first-order chi connectivity index (χ1) is 15.0. The smallest absolute Gasteiger partial charge is 0.161 e. The van der Waals surface area contributed by atoms with E-state index in [0.717, 1.165) is 53.5 Å². The molecule has 7 nitrogen and oxygen atoms in total. The van der Waals surface area contributed by atoms with Gasteiger partial charge in [0.05, 0.1) is 46.3 Å². The summed E-state index contributed by atoms with van der Waals surface area (Å²) in [7, 11) is 5.48. The Morgan fingerprint density at radius 1 is 1.23 bits per heavy atom. The minimum Gasteiger partial charge on any atom is -0.493 e. The van der Waals surface area contributed by atoms with E-state index in [1.807, 2.05) is 13.0 Å². The molecule has 1 saturated heterocycles. The minimum atomic E-state index is -0.123. The quantitative estimate of drug-likeness (QED) is 0.803. The lowest BCUT2D eigenvalue weighted by Crippen LogP contribution is -2.45. The molecule has 2 aliphatic heterocycles. The van der Waals surface area contributed by atoms with Crippen LogP contribution >= 0.6 is 0 Å². The molecule has 1 aromatic carbocycles. The molecular weight excluding hydrogens is 396 g/mol. The van der Waals surface area contributed by atoms with Crippen LogP contribution in [0, 0.1) is 6.92 Å². The summed E-state index contributed by atoms with van der Waals surface area (Å²) in [6.45, 7) is 4.38. The van der Waals surface area contributed by atoms with Gasteiger partial charge in [-0.25, -0.2) is 0 Å². The van der Waals surface area contributed by atoms with Gasteiger partial charge in [-0.05, 0) is 51.1 Å². The molecule has 0 aliphatic carbocycles. The molecule has 4 rings (SSSR count). The van der Waals surface area contributed by atoms with Crippen LogP contribution in [0.5, 0.6) is 17.2 Å². The van der Waals surface area contributed by atoms with Crippen LogP contribution in [-0.4, -0.2) is 62.1 Å². The van der Waals surface area contributed by atoms with E-state index >= 15 is 0 Å². The molecule has 0 amide bonds. The van der Waals surface area contributed by atoms with E-state index in [1.54, 1.807) is 20.4 Å². The van der Waals surface area contributed by atoms with Gasteiger partial charge in [0.15, 0.2) is 11.5 Å². The largest absolute Gasteiger partial charge is 0.493 e. The van der Waals surface area contributed by atoms with Crippen LogP contribution in [-0.2, 0) is 23.4 Å². The number of likely N-dealkylation sites (tertiary alicyclic amines) is 1. The summed E-state index contributed by atoms with van der Waals surface area (Å²) in [5.41, 5.74) is 3.56. The summed E-state index contributed by atoms with van der Waals surface area (Å²) in [5.74, 6) is 2.20. The molecule has 3 heterocycles. The van der Waals surface area contributed by atoms with Gasteiger partial charge < -0.3 is 29.0 Å². The fourth-order valence-corrected chi connectivity index (χ4v) is 5.09. The zero-order chi connectivity index (χ0) is 22.0. The van der Waals surface area contributed by atoms with Crippen LogP contribution in [0.15, 0.2) is 24.4 Å². The molecule has 1 aromatic heterocycles. The average Bonchev–Trinajstić information content (AvgIpc) is 3.12. The lowest BCUT2D eigenvalue weighted by molar-refractivity contribution is 0.0415. The van der Waals surface area contributed by atoms with Crippen molar-refractivity contribution >= 4 is 0 Å². The third-order valence-corrected chi connectivity index (χ3v) is 6.93. The van der Waals surface area contributed by atoms with Gasteiger partial charge in [0.2, 0.25) is 0 Å². The fraction of sp³-hybridized carbons (Fsp3) is 0.542. The molecule has 1 fully saturated rings. The number of hydrogen-bond donors (Lipinski definition) is 1. The number of rotatable bonds is 4. The standard InChI is InChI=1S/C24H32N2O5/c1-16-23-19(17(13-27)12-25-16)14-30-15-22-24(8-10-31-23,7-9-26(22)2)18-5-6-20(28-3)21(11-18)29-4/h5-6,11-12,22,27H,7-10,13-15H2,1-4H3. The van der Waals surface area contributed by atoms with Crippen LogP contribution in [0.3, 0.4) is 0 Å². The lowest BCUT2D eigenvalue weighted by atomic mass is 9.71. The van der Waals surface area contributed by atoms with Crippen molar-refractivity contribution in [3.8, 4) is 17.2 Å². The van der Waals surface area contributed by atoms with Crippen LogP contribution < -0.4 is 14.2 Å². The second kappa shape index (κ2) is 9.02. The number of aromatic nitrogens is 1. The predicted octanol–water partition coefficient (Wildman–Crippen LogP) is 2.84. The number of methoxy groups -OCH3 is 2. The molecule has 0 radical (unpaired) electrons. The van der Waals surface area contributed by atoms with Gasteiger partial charge >= 0.3 is 0 Å². The number of aliphatic hydroxyl groups is 1. The Hall–Kier alpha value is -2.35. The Bertz CT molecular complexity index is 934. The molecule has 1 N–H and O–H groups in total. The molecule has 7 heteroatoms. The number of nitrogens with zero attached hydrogens (tertiary/aromatic N) is 2. The average molecular weight is 429 g/mol. The first kappa shape index (κ1) is 21.9. The highest BCUT2D eigenvalue weighted by Gasteiger charge is 2.47. The normalized spacial score (nSPS) is 24.1. The van der Waals surface area contributed by atoms with Crippen molar-refractivity contribution in [2.45, 2.75) is 44.4 Å². The maximum atomic E-state index is 9.77. The zero-order valence-corrected chi connectivity index (χ0v) is 18.8. The van der Waals surface area contributed by atoms with Crippen LogP contribution in [0.2, 0.25) is 0 Å². The molecule has 168 valence electrons. The molecular formula is C24H32N2O5. The third kappa shape index (κ3) is 3.86. The van der Waals surface area contributed by atoms with Crippen molar-refractivity contribution in [3.63, 3.8) is 0 Å². The highest BCUT2D eigenvalue weighted by molar-refractivity contribution is 5.47. The zero-order valence-electron chi connectivity index (χ0n) is 18.8. The molecule has 2 unspecified atom stereocenters. The van der Waals surface area contributed by atoms with E-state index in [4.69, 9.17) is 18.9 Å². The van der Waals surface area contributed by atoms with Gasteiger partial charge in [0.1, 0.15) is 5.75 Å². The van der Waals surface area contributed by atoms with E-state index in [9.17, 15) is 5.11 Å². The van der Waals surface area contributed by atoms with Crippen LogP contribution in [0.4, 0.5) is 0 Å². The minimum absolute atomic E-state index is 0.0821. The van der Waals surface area contributed by atoms with Crippen molar-refractivity contribution in [3.05, 3.63) is 46.8 Å². The number of ether oxygens (including phenoxy) is 4. The molecule has 2 aromatic rings. The second-order valence-corrected chi connectivity index (χ2v) is 8.42.